The normalized spacial score (nSPS) is 11.9. The quantitative estimate of drug-likeness (QED) is 0.868. The molecule has 0 bridgehead atoms. The van der Waals surface area contributed by atoms with E-state index in [1.807, 2.05) is 0 Å². The first-order valence-corrected chi connectivity index (χ1v) is 7.62. The van der Waals surface area contributed by atoms with Crippen molar-refractivity contribution in [3.8, 4) is 0 Å². The van der Waals surface area contributed by atoms with Gasteiger partial charge >= 0.3 is 0 Å². The fraction of sp³-hybridized carbons (Fsp3) is 0.583. The van der Waals surface area contributed by atoms with Crippen LogP contribution in [0.3, 0.4) is 0 Å². The molecule has 1 aromatic rings. The summed E-state index contributed by atoms with van der Waals surface area (Å²) in [5.74, 6) is 0.293. The SMILES string of the molecule is CC(C)CCN(C)C(=O)c1cc(S(N)(=O)=O)cn1C. The molecule has 1 aromatic heterocycles. The zero-order valence-electron chi connectivity index (χ0n) is 11.8. The van der Waals surface area contributed by atoms with Gasteiger partial charge in [0.2, 0.25) is 10.0 Å². The van der Waals surface area contributed by atoms with Gasteiger partial charge in [0.05, 0.1) is 0 Å². The second-order valence-electron chi connectivity index (χ2n) is 5.13. The third kappa shape index (κ3) is 4.07. The standard InChI is InChI=1S/C12H21N3O3S/c1-9(2)5-6-14(3)12(16)11-7-10(8-15(11)4)19(13,17)18/h7-9H,5-6H2,1-4H3,(H2,13,17,18). The maximum atomic E-state index is 12.2. The van der Waals surface area contributed by atoms with Crippen LogP contribution < -0.4 is 5.14 Å². The summed E-state index contributed by atoms with van der Waals surface area (Å²) < 4.78 is 24.0. The molecule has 1 amide bonds. The van der Waals surface area contributed by atoms with Gasteiger partial charge in [-0.1, -0.05) is 13.8 Å². The van der Waals surface area contributed by atoms with Crippen LogP contribution in [0.5, 0.6) is 0 Å². The lowest BCUT2D eigenvalue weighted by atomic mass is 10.1. The fourth-order valence-corrected chi connectivity index (χ4v) is 2.23. The van der Waals surface area contributed by atoms with Gasteiger partial charge in [0.25, 0.3) is 5.91 Å². The molecule has 0 saturated heterocycles. The Morgan fingerprint density at radius 2 is 2.05 bits per heavy atom. The highest BCUT2D eigenvalue weighted by molar-refractivity contribution is 7.89. The molecule has 7 heteroatoms. The first-order chi connectivity index (χ1) is 8.62. The monoisotopic (exact) mass is 287 g/mol. The molecule has 6 nitrogen and oxygen atoms in total. The van der Waals surface area contributed by atoms with Gasteiger partial charge in [0, 0.05) is 26.8 Å². The molecule has 0 aliphatic carbocycles. The number of carbonyl (C=O) groups is 1. The maximum absolute atomic E-state index is 12.2. The van der Waals surface area contributed by atoms with E-state index in [0.717, 1.165) is 6.42 Å². The van der Waals surface area contributed by atoms with Crippen LogP contribution in [0.1, 0.15) is 30.8 Å². The summed E-state index contributed by atoms with van der Waals surface area (Å²) in [6.07, 6.45) is 2.24. The number of hydrogen-bond acceptors (Lipinski definition) is 3. The Morgan fingerprint density at radius 3 is 2.47 bits per heavy atom. The minimum absolute atomic E-state index is 0.0457. The fourth-order valence-electron chi connectivity index (χ4n) is 1.65. The molecule has 0 atom stereocenters. The largest absolute Gasteiger partial charge is 0.345 e. The Kier molecular flexibility index (Phi) is 4.75. The molecule has 1 heterocycles. The van der Waals surface area contributed by atoms with Crippen LogP contribution in [-0.2, 0) is 17.1 Å². The zero-order chi connectivity index (χ0) is 14.8. The van der Waals surface area contributed by atoms with Gasteiger partial charge in [-0.3, -0.25) is 4.79 Å². The molecule has 19 heavy (non-hydrogen) atoms. The number of carbonyl (C=O) groups excluding carboxylic acids is 1. The van der Waals surface area contributed by atoms with Crippen LogP contribution in [-0.4, -0.2) is 37.4 Å². The molecule has 0 radical (unpaired) electrons. The number of aryl methyl sites for hydroxylation is 1. The molecular weight excluding hydrogens is 266 g/mol. The summed E-state index contributed by atoms with van der Waals surface area (Å²) in [4.78, 5) is 13.7. The van der Waals surface area contributed by atoms with Gasteiger partial charge in [0.15, 0.2) is 0 Å². The summed E-state index contributed by atoms with van der Waals surface area (Å²) in [6, 6.07) is 1.31. The Balaban J connectivity index is 2.91. The molecule has 108 valence electrons. The summed E-state index contributed by atoms with van der Waals surface area (Å²) >= 11 is 0. The molecule has 0 fully saturated rings. The highest BCUT2D eigenvalue weighted by Crippen LogP contribution is 2.14. The molecular formula is C12H21N3O3S. The molecule has 0 spiro atoms. The summed E-state index contributed by atoms with van der Waals surface area (Å²) in [7, 11) is -0.455. The average Bonchev–Trinajstić information content (AvgIpc) is 2.66. The van der Waals surface area contributed by atoms with E-state index in [2.05, 4.69) is 13.8 Å². The van der Waals surface area contributed by atoms with E-state index >= 15 is 0 Å². The van der Waals surface area contributed by atoms with E-state index in [9.17, 15) is 13.2 Å². The van der Waals surface area contributed by atoms with Crippen LogP contribution >= 0.6 is 0 Å². The summed E-state index contributed by atoms with van der Waals surface area (Å²) in [5, 5.41) is 5.05. The topological polar surface area (TPSA) is 85.4 Å². The van der Waals surface area contributed by atoms with Crippen LogP contribution in [0.15, 0.2) is 17.2 Å². The number of rotatable bonds is 5. The van der Waals surface area contributed by atoms with Crippen LogP contribution in [0.4, 0.5) is 0 Å². The van der Waals surface area contributed by atoms with Gasteiger partial charge in [-0.05, 0) is 18.4 Å². The van der Waals surface area contributed by atoms with Crippen molar-refractivity contribution < 1.29 is 13.2 Å². The second kappa shape index (κ2) is 5.75. The van der Waals surface area contributed by atoms with Crippen molar-refractivity contribution in [3.63, 3.8) is 0 Å². The summed E-state index contributed by atoms with van der Waals surface area (Å²) in [5.41, 5.74) is 0.315. The number of hydrogen-bond donors (Lipinski definition) is 1. The highest BCUT2D eigenvalue weighted by Gasteiger charge is 2.20. The number of primary sulfonamides is 1. The van der Waals surface area contributed by atoms with E-state index in [-0.39, 0.29) is 10.8 Å². The van der Waals surface area contributed by atoms with E-state index in [1.165, 1.54) is 16.8 Å². The minimum Gasteiger partial charge on any atom is -0.345 e. The molecule has 0 unspecified atom stereocenters. The number of nitrogens with two attached hydrogens (primary N) is 1. The van der Waals surface area contributed by atoms with Crippen molar-refractivity contribution in [2.24, 2.45) is 18.1 Å². The molecule has 0 aliphatic rings. The predicted octanol–water partition coefficient (Wildman–Crippen LogP) is 0.791. The first-order valence-electron chi connectivity index (χ1n) is 6.07. The van der Waals surface area contributed by atoms with Crippen molar-refractivity contribution in [1.29, 1.82) is 0 Å². The Bertz CT molecular complexity index is 561. The van der Waals surface area contributed by atoms with Gasteiger partial charge < -0.3 is 9.47 Å². The van der Waals surface area contributed by atoms with Gasteiger partial charge in [-0.2, -0.15) is 0 Å². The third-order valence-electron chi connectivity index (χ3n) is 2.92. The number of aromatic nitrogens is 1. The third-order valence-corrected chi connectivity index (χ3v) is 3.80. The van der Waals surface area contributed by atoms with Crippen molar-refractivity contribution in [1.82, 2.24) is 9.47 Å². The lowest BCUT2D eigenvalue weighted by molar-refractivity contribution is 0.0779. The summed E-state index contributed by atoms with van der Waals surface area (Å²) in [6.45, 7) is 4.80. The number of amides is 1. The molecule has 0 aliphatic heterocycles. The molecule has 2 N–H and O–H groups in total. The molecule has 0 aromatic carbocycles. The van der Waals surface area contributed by atoms with E-state index in [4.69, 9.17) is 5.14 Å². The van der Waals surface area contributed by atoms with Crippen LogP contribution in [0, 0.1) is 5.92 Å². The second-order valence-corrected chi connectivity index (χ2v) is 6.69. The van der Waals surface area contributed by atoms with Crippen molar-refractivity contribution in [3.05, 3.63) is 18.0 Å². The van der Waals surface area contributed by atoms with Gasteiger partial charge in [-0.25, -0.2) is 13.6 Å². The van der Waals surface area contributed by atoms with E-state index < -0.39 is 10.0 Å². The van der Waals surface area contributed by atoms with Crippen molar-refractivity contribution in [2.75, 3.05) is 13.6 Å². The minimum atomic E-state index is -3.78. The van der Waals surface area contributed by atoms with Gasteiger partial charge in [0.1, 0.15) is 10.6 Å². The van der Waals surface area contributed by atoms with Crippen LogP contribution in [0.25, 0.3) is 0 Å². The van der Waals surface area contributed by atoms with Gasteiger partial charge in [-0.15, -0.1) is 0 Å². The average molecular weight is 287 g/mol. The van der Waals surface area contributed by atoms with Crippen molar-refractivity contribution >= 4 is 15.9 Å². The maximum Gasteiger partial charge on any atom is 0.270 e. The predicted molar refractivity (Wildman–Crippen MR) is 73.2 cm³/mol. The van der Waals surface area contributed by atoms with E-state index in [1.54, 1.807) is 19.0 Å². The number of sulfonamides is 1. The molecule has 1 rings (SSSR count). The molecule has 0 saturated carbocycles. The highest BCUT2D eigenvalue weighted by atomic mass is 32.2. The Hall–Kier alpha value is -1.34. The lowest BCUT2D eigenvalue weighted by Gasteiger charge is -2.18. The van der Waals surface area contributed by atoms with E-state index in [0.29, 0.717) is 18.2 Å². The number of nitrogens with zero attached hydrogens (tertiary/aromatic N) is 2. The Morgan fingerprint density at radius 1 is 1.47 bits per heavy atom. The van der Waals surface area contributed by atoms with Crippen molar-refractivity contribution in [2.45, 2.75) is 25.2 Å². The Labute approximate surface area is 114 Å². The zero-order valence-corrected chi connectivity index (χ0v) is 12.6. The van der Waals surface area contributed by atoms with Crippen LogP contribution in [0.2, 0.25) is 0 Å². The smallest absolute Gasteiger partial charge is 0.270 e. The first kappa shape index (κ1) is 15.7. The lowest BCUT2D eigenvalue weighted by Crippen LogP contribution is -2.29.